The van der Waals surface area contributed by atoms with E-state index >= 15 is 0 Å². The summed E-state index contributed by atoms with van der Waals surface area (Å²) in [5, 5.41) is 4.73. The predicted molar refractivity (Wildman–Crippen MR) is 83.5 cm³/mol. The normalized spacial score (nSPS) is 13.0. The molecule has 0 atom stereocenters. The summed E-state index contributed by atoms with van der Waals surface area (Å²) in [5.41, 5.74) is 2.89. The van der Waals surface area contributed by atoms with Gasteiger partial charge in [-0.25, -0.2) is 9.97 Å². The summed E-state index contributed by atoms with van der Waals surface area (Å²) < 4.78 is 5.56. The maximum atomic E-state index is 6.17. The molecule has 0 saturated carbocycles. The molecule has 4 nitrogen and oxygen atoms in total. The van der Waals surface area contributed by atoms with E-state index in [9.17, 15) is 0 Å². The van der Waals surface area contributed by atoms with Gasteiger partial charge in [-0.3, -0.25) is 0 Å². The van der Waals surface area contributed by atoms with Gasteiger partial charge in [0.15, 0.2) is 0 Å². The molecule has 1 aliphatic rings. The number of nitrogens with one attached hydrogen (secondary N) is 1. The van der Waals surface area contributed by atoms with Crippen LogP contribution in [-0.2, 0) is 6.42 Å². The van der Waals surface area contributed by atoms with Crippen molar-refractivity contribution in [3.05, 3.63) is 53.2 Å². The Labute approximate surface area is 126 Å². The van der Waals surface area contributed by atoms with Gasteiger partial charge in [0.25, 0.3) is 0 Å². The molecule has 0 bridgehead atoms. The highest BCUT2D eigenvalue weighted by Gasteiger charge is 2.12. The summed E-state index contributed by atoms with van der Waals surface area (Å²) in [6, 6.07) is 11.7. The Hall–Kier alpha value is -2.33. The zero-order chi connectivity index (χ0) is 14.2. The summed E-state index contributed by atoms with van der Waals surface area (Å²) in [4.78, 5) is 8.78. The number of hydrogen-bond donors (Lipinski definition) is 1. The van der Waals surface area contributed by atoms with Crippen molar-refractivity contribution in [2.75, 3.05) is 11.9 Å². The third-order valence-electron chi connectivity index (χ3n) is 3.51. The van der Waals surface area contributed by atoms with Crippen LogP contribution in [0.15, 0.2) is 42.6 Å². The van der Waals surface area contributed by atoms with E-state index < -0.39 is 0 Å². The minimum Gasteiger partial charge on any atom is -0.493 e. The number of ether oxygens (including phenoxy) is 1. The molecule has 0 aliphatic carbocycles. The fourth-order valence-electron chi connectivity index (χ4n) is 2.45. The fourth-order valence-corrected chi connectivity index (χ4v) is 2.68. The van der Waals surface area contributed by atoms with Crippen molar-refractivity contribution < 1.29 is 4.74 Å². The molecule has 5 heteroatoms. The number of halogens is 1. The first kappa shape index (κ1) is 12.4. The average Bonchev–Trinajstić information content (AvgIpc) is 2.96. The van der Waals surface area contributed by atoms with Crippen LogP contribution in [0.25, 0.3) is 10.9 Å². The highest BCUT2D eigenvalue weighted by atomic mass is 35.5. The van der Waals surface area contributed by atoms with E-state index in [1.165, 1.54) is 5.56 Å². The van der Waals surface area contributed by atoms with Crippen molar-refractivity contribution in [3.8, 4) is 5.75 Å². The lowest BCUT2D eigenvalue weighted by atomic mass is 10.1. The summed E-state index contributed by atoms with van der Waals surface area (Å²) in [7, 11) is 0. The van der Waals surface area contributed by atoms with Gasteiger partial charge in [-0.15, -0.1) is 0 Å². The zero-order valence-corrected chi connectivity index (χ0v) is 11.9. The van der Waals surface area contributed by atoms with E-state index in [0.717, 1.165) is 35.4 Å². The number of fused-ring (bicyclic) bond motifs is 2. The molecule has 2 aromatic carbocycles. The van der Waals surface area contributed by atoms with Gasteiger partial charge in [-0.1, -0.05) is 29.8 Å². The number of hydrogen-bond acceptors (Lipinski definition) is 4. The van der Waals surface area contributed by atoms with Gasteiger partial charge in [0.05, 0.1) is 17.1 Å². The number of nitrogens with zero attached hydrogens (tertiary/aromatic N) is 2. The minimum absolute atomic E-state index is 0.522. The first-order valence-electron chi connectivity index (χ1n) is 6.74. The number of anilines is 2. The van der Waals surface area contributed by atoms with Crippen molar-refractivity contribution in [2.24, 2.45) is 0 Å². The van der Waals surface area contributed by atoms with Gasteiger partial charge >= 0.3 is 0 Å². The number of rotatable bonds is 2. The van der Waals surface area contributed by atoms with Crippen molar-refractivity contribution in [1.82, 2.24) is 9.97 Å². The Balaban J connectivity index is 1.69. The molecule has 4 rings (SSSR count). The van der Waals surface area contributed by atoms with Gasteiger partial charge < -0.3 is 10.1 Å². The van der Waals surface area contributed by atoms with Crippen LogP contribution in [0.3, 0.4) is 0 Å². The lowest BCUT2D eigenvalue weighted by molar-refractivity contribution is 0.357. The number of benzene rings is 2. The quantitative estimate of drug-likeness (QED) is 0.777. The maximum absolute atomic E-state index is 6.17. The molecule has 0 unspecified atom stereocenters. The fraction of sp³-hybridized carbons (Fsp3) is 0.125. The highest BCUT2D eigenvalue weighted by molar-refractivity contribution is 6.35. The number of para-hydroxylation sites is 1. The van der Waals surface area contributed by atoms with Gasteiger partial charge in [0, 0.05) is 29.8 Å². The molecule has 2 heterocycles. The summed E-state index contributed by atoms with van der Waals surface area (Å²) in [5.74, 6) is 1.45. The van der Waals surface area contributed by atoms with Crippen LogP contribution in [0.2, 0.25) is 5.02 Å². The molecular weight excluding hydrogens is 286 g/mol. The van der Waals surface area contributed by atoms with E-state index in [1.807, 2.05) is 30.3 Å². The molecule has 21 heavy (non-hydrogen) atoms. The average molecular weight is 298 g/mol. The van der Waals surface area contributed by atoms with Crippen LogP contribution in [0, 0.1) is 0 Å². The van der Waals surface area contributed by atoms with Crippen molar-refractivity contribution in [1.29, 1.82) is 0 Å². The van der Waals surface area contributed by atoms with E-state index in [1.54, 1.807) is 6.20 Å². The number of aromatic nitrogens is 2. The van der Waals surface area contributed by atoms with Gasteiger partial charge in [-0.2, -0.15) is 0 Å². The molecule has 1 aliphatic heterocycles. The highest BCUT2D eigenvalue weighted by Crippen LogP contribution is 2.29. The summed E-state index contributed by atoms with van der Waals surface area (Å²) in [6.45, 7) is 0.751. The molecule has 1 aromatic heterocycles. The second kappa shape index (κ2) is 4.90. The van der Waals surface area contributed by atoms with Crippen LogP contribution in [0.1, 0.15) is 5.56 Å². The van der Waals surface area contributed by atoms with Crippen LogP contribution in [0.5, 0.6) is 5.75 Å². The van der Waals surface area contributed by atoms with Gasteiger partial charge in [-0.05, 0) is 17.7 Å². The molecule has 1 N–H and O–H groups in total. The molecule has 0 saturated heterocycles. The molecule has 104 valence electrons. The van der Waals surface area contributed by atoms with E-state index in [0.29, 0.717) is 11.0 Å². The van der Waals surface area contributed by atoms with Crippen LogP contribution in [0.4, 0.5) is 11.6 Å². The van der Waals surface area contributed by atoms with Crippen molar-refractivity contribution in [2.45, 2.75) is 6.42 Å². The standard InChI is InChI=1S/C16H12ClN3O/c17-13-3-1-2-11-9-18-16(20-15(11)13)19-12-5-4-10-6-7-21-14(10)8-12/h1-5,8-9H,6-7H2,(H,18,19,20). The molecular formula is C16H12ClN3O. The first-order valence-corrected chi connectivity index (χ1v) is 7.11. The Morgan fingerprint density at radius 1 is 1.19 bits per heavy atom. The SMILES string of the molecule is Clc1cccc2cnc(Nc3ccc4c(c3)OCC4)nc12. The largest absolute Gasteiger partial charge is 0.493 e. The zero-order valence-electron chi connectivity index (χ0n) is 11.1. The second-order valence-corrected chi connectivity index (χ2v) is 5.32. The summed E-state index contributed by atoms with van der Waals surface area (Å²) >= 11 is 6.17. The first-order chi connectivity index (χ1) is 10.3. The van der Waals surface area contributed by atoms with Gasteiger partial charge in [0.1, 0.15) is 5.75 Å². The Kier molecular flexibility index (Phi) is 2.89. The van der Waals surface area contributed by atoms with E-state index in [-0.39, 0.29) is 0 Å². The van der Waals surface area contributed by atoms with Crippen LogP contribution < -0.4 is 10.1 Å². The molecule has 0 radical (unpaired) electrons. The maximum Gasteiger partial charge on any atom is 0.227 e. The monoisotopic (exact) mass is 297 g/mol. The topological polar surface area (TPSA) is 47.0 Å². The minimum atomic E-state index is 0.522. The molecule has 3 aromatic rings. The molecule has 0 amide bonds. The lowest BCUT2D eigenvalue weighted by Gasteiger charge is -2.08. The van der Waals surface area contributed by atoms with Crippen molar-refractivity contribution in [3.63, 3.8) is 0 Å². The van der Waals surface area contributed by atoms with Crippen LogP contribution >= 0.6 is 11.6 Å². The Morgan fingerprint density at radius 2 is 2.14 bits per heavy atom. The predicted octanol–water partition coefficient (Wildman–Crippen LogP) is 3.96. The smallest absolute Gasteiger partial charge is 0.227 e. The Morgan fingerprint density at radius 3 is 3.10 bits per heavy atom. The molecule has 0 spiro atoms. The van der Waals surface area contributed by atoms with E-state index in [2.05, 4.69) is 21.4 Å². The van der Waals surface area contributed by atoms with Crippen LogP contribution in [-0.4, -0.2) is 16.6 Å². The molecule has 0 fully saturated rings. The summed E-state index contributed by atoms with van der Waals surface area (Å²) in [6.07, 6.45) is 2.73. The van der Waals surface area contributed by atoms with E-state index in [4.69, 9.17) is 16.3 Å². The Bertz CT molecular complexity index is 835. The van der Waals surface area contributed by atoms with Gasteiger partial charge in [0.2, 0.25) is 5.95 Å². The third-order valence-corrected chi connectivity index (χ3v) is 3.82. The lowest BCUT2D eigenvalue weighted by Crippen LogP contribution is -1.97. The third kappa shape index (κ3) is 2.28. The second-order valence-electron chi connectivity index (χ2n) is 4.92. The van der Waals surface area contributed by atoms with Crippen molar-refractivity contribution >= 4 is 34.1 Å².